The number of carbonyl (C=O) groups is 1. The Morgan fingerprint density at radius 3 is 2.42 bits per heavy atom. The number of rotatable bonds is 4. The molecule has 0 fully saturated rings. The third kappa shape index (κ3) is 4.25. The van der Waals surface area contributed by atoms with Gasteiger partial charge in [-0.05, 0) is 31.4 Å². The molecule has 0 saturated carbocycles. The first kappa shape index (κ1) is 18.2. The van der Waals surface area contributed by atoms with Crippen molar-refractivity contribution in [2.24, 2.45) is 5.92 Å². The summed E-state index contributed by atoms with van der Waals surface area (Å²) in [5, 5.41) is 7.81. The molecule has 0 atom stereocenters. The van der Waals surface area contributed by atoms with Crippen molar-refractivity contribution in [3.05, 3.63) is 41.1 Å². The summed E-state index contributed by atoms with van der Waals surface area (Å²) in [5.41, 5.74) is 4.22. The Morgan fingerprint density at radius 2 is 1.88 bits per heavy atom. The topological polar surface area (TPSA) is 46.9 Å². The molecule has 1 aromatic carbocycles. The molecule has 0 unspecified atom stereocenters. The Bertz CT molecular complexity index is 736. The molecule has 1 aromatic heterocycles. The molecule has 4 heteroatoms. The summed E-state index contributed by atoms with van der Waals surface area (Å²) in [5.74, 6) is 1.08. The minimum absolute atomic E-state index is 0.0244. The highest BCUT2D eigenvalue weighted by atomic mass is 16.1. The predicted molar refractivity (Wildman–Crippen MR) is 99.8 cm³/mol. The molecular formula is C20H29N3O. The third-order valence-electron chi connectivity index (χ3n) is 3.92. The monoisotopic (exact) mass is 327 g/mol. The van der Waals surface area contributed by atoms with Crippen molar-refractivity contribution in [3.8, 4) is 5.69 Å². The number of nitrogens with one attached hydrogen (secondary N) is 1. The van der Waals surface area contributed by atoms with E-state index >= 15 is 0 Å². The molecule has 1 amide bonds. The van der Waals surface area contributed by atoms with Gasteiger partial charge in [0.15, 0.2) is 0 Å². The molecule has 2 rings (SSSR count). The largest absolute Gasteiger partial charge is 0.311 e. The van der Waals surface area contributed by atoms with Crippen LogP contribution in [0, 0.1) is 19.8 Å². The van der Waals surface area contributed by atoms with Gasteiger partial charge < -0.3 is 5.32 Å². The molecule has 0 radical (unpaired) electrons. The third-order valence-corrected chi connectivity index (χ3v) is 3.92. The van der Waals surface area contributed by atoms with Gasteiger partial charge in [-0.3, -0.25) is 4.79 Å². The lowest BCUT2D eigenvalue weighted by atomic mass is 9.92. The smallest absolute Gasteiger partial charge is 0.225 e. The number of amides is 1. The first-order chi connectivity index (χ1) is 11.1. The van der Waals surface area contributed by atoms with Crippen molar-refractivity contribution in [1.82, 2.24) is 9.78 Å². The number of aromatic nitrogens is 2. The summed E-state index contributed by atoms with van der Waals surface area (Å²) in [6.45, 7) is 14.6. The van der Waals surface area contributed by atoms with Gasteiger partial charge in [0.2, 0.25) is 5.91 Å². The van der Waals surface area contributed by atoms with Crippen LogP contribution in [0.25, 0.3) is 5.69 Å². The quantitative estimate of drug-likeness (QED) is 0.879. The van der Waals surface area contributed by atoms with E-state index in [1.165, 1.54) is 5.56 Å². The Kier molecular flexibility index (Phi) is 5.16. The van der Waals surface area contributed by atoms with Crippen LogP contribution < -0.4 is 5.32 Å². The fourth-order valence-corrected chi connectivity index (χ4v) is 2.63. The number of hydrogen-bond acceptors (Lipinski definition) is 2. The summed E-state index contributed by atoms with van der Waals surface area (Å²) < 4.78 is 1.85. The fourth-order valence-electron chi connectivity index (χ4n) is 2.63. The lowest BCUT2D eigenvalue weighted by molar-refractivity contribution is -0.116. The maximum atomic E-state index is 12.3. The highest BCUT2D eigenvalue weighted by Gasteiger charge is 2.22. The first-order valence-electron chi connectivity index (χ1n) is 8.56. The van der Waals surface area contributed by atoms with E-state index in [0.29, 0.717) is 12.3 Å². The maximum absolute atomic E-state index is 12.3. The molecule has 0 aliphatic carbocycles. The van der Waals surface area contributed by atoms with E-state index in [4.69, 9.17) is 5.10 Å². The summed E-state index contributed by atoms with van der Waals surface area (Å²) in [6, 6.07) is 8.24. The number of hydrogen-bond donors (Lipinski definition) is 1. The van der Waals surface area contributed by atoms with Crippen molar-refractivity contribution in [2.45, 2.75) is 60.3 Å². The average Bonchev–Trinajstić information content (AvgIpc) is 2.81. The molecule has 1 heterocycles. The first-order valence-corrected chi connectivity index (χ1v) is 8.56. The van der Waals surface area contributed by atoms with Crippen LogP contribution >= 0.6 is 0 Å². The normalized spacial score (nSPS) is 11.8. The van der Waals surface area contributed by atoms with E-state index in [0.717, 1.165) is 22.8 Å². The molecule has 130 valence electrons. The van der Waals surface area contributed by atoms with Gasteiger partial charge in [-0.2, -0.15) is 5.10 Å². The second kappa shape index (κ2) is 6.80. The standard InChI is InChI=1S/C20H29N3O/c1-13(2)10-19(24)21-18-12-17(20(5,6)7)22-23(18)16-9-8-14(3)11-15(16)4/h8-9,11-13H,10H2,1-7H3,(H,21,24). The summed E-state index contributed by atoms with van der Waals surface area (Å²) in [4.78, 5) is 12.3. The average molecular weight is 327 g/mol. The fraction of sp³-hybridized carbons (Fsp3) is 0.500. The van der Waals surface area contributed by atoms with E-state index in [-0.39, 0.29) is 11.3 Å². The van der Waals surface area contributed by atoms with Crippen molar-refractivity contribution >= 4 is 11.7 Å². The Morgan fingerprint density at radius 1 is 1.21 bits per heavy atom. The van der Waals surface area contributed by atoms with Crippen LogP contribution in [0.15, 0.2) is 24.3 Å². The van der Waals surface area contributed by atoms with Crippen LogP contribution in [-0.4, -0.2) is 15.7 Å². The second-order valence-corrected chi connectivity index (χ2v) is 8.01. The van der Waals surface area contributed by atoms with Gasteiger partial charge in [0.05, 0.1) is 11.4 Å². The van der Waals surface area contributed by atoms with Gasteiger partial charge in [0.1, 0.15) is 5.82 Å². The lowest BCUT2D eigenvalue weighted by Crippen LogP contribution is -2.17. The van der Waals surface area contributed by atoms with Crippen LogP contribution in [0.2, 0.25) is 0 Å². The van der Waals surface area contributed by atoms with E-state index in [9.17, 15) is 4.79 Å². The number of nitrogens with zero attached hydrogens (tertiary/aromatic N) is 2. The molecular weight excluding hydrogens is 298 g/mol. The van der Waals surface area contributed by atoms with Crippen molar-refractivity contribution in [3.63, 3.8) is 0 Å². The van der Waals surface area contributed by atoms with Crippen LogP contribution in [0.1, 0.15) is 57.9 Å². The minimum Gasteiger partial charge on any atom is -0.311 e. The molecule has 1 N–H and O–H groups in total. The predicted octanol–water partition coefficient (Wildman–Crippen LogP) is 4.77. The van der Waals surface area contributed by atoms with Crippen LogP contribution in [0.3, 0.4) is 0 Å². The van der Waals surface area contributed by atoms with E-state index in [1.54, 1.807) is 0 Å². The van der Waals surface area contributed by atoms with Crippen molar-refractivity contribution < 1.29 is 4.79 Å². The van der Waals surface area contributed by atoms with Crippen LogP contribution in [-0.2, 0) is 10.2 Å². The van der Waals surface area contributed by atoms with Crippen LogP contribution in [0.4, 0.5) is 5.82 Å². The van der Waals surface area contributed by atoms with Gasteiger partial charge in [-0.15, -0.1) is 0 Å². The molecule has 2 aromatic rings. The zero-order chi connectivity index (χ0) is 18.1. The Labute approximate surface area is 145 Å². The minimum atomic E-state index is -0.0820. The Hall–Kier alpha value is -2.10. The highest BCUT2D eigenvalue weighted by Crippen LogP contribution is 2.28. The highest BCUT2D eigenvalue weighted by molar-refractivity contribution is 5.90. The zero-order valence-electron chi connectivity index (χ0n) is 15.9. The Balaban J connectivity index is 2.48. The molecule has 0 spiro atoms. The van der Waals surface area contributed by atoms with Crippen molar-refractivity contribution in [1.29, 1.82) is 0 Å². The number of aryl methyl sites for hydroxylation is 2. The van der Waals surface area contributed by atoms with E-state index in [2.05, 4.69) is 58.1 Å². The van der Waals surface area contributed by atoms with Crippen molar-refractivity contribution in [2.75, 3.05) is 5.32 Å². The molecule has 0 aliphatic heterocycles. The van der Waals surface area contributed by atoms with Gasteiger partial charge in [-0.1, -0.05) is 52.3 Å². The summed E-state index contributed by atoms with van der Waals surface area (Å²) in [6.07, 6.45) is 0.503. The molecule has 24 heavy (non-hydrogen) atoms. The number of carbonyl (C=O) groups excluding carboxylic acids is 1. The van der Waals surface area contributed by atoms with Crippen LogP contribution in [0.5, 0.6) is 0 Å². The van der Waals surface area contributed by atoms with Gasteiger partial charge in [-0.25, -0.2) is 4.68 Å². The number of benzene rings is 1. The SMILES string of the molecule is Cc1ccc(-n2nc(C(C)(C)C)cc2NC(=O)CC(C)C)c(C)c1. The summed E-state index contributed by atoms with van der Waals surface area (Å²) >= 11 is 0. The van der Waals surface area contributed by atoms with E-state index in [1.807, 2.05) is 24.6 Å². The zero-order valence-corrected chi connectivity index (χ0v) is 15.9. The lowest BCUT2D eigenvalue weighted by Gasteiger charge is -2.14. The molecule has 0 saturated heterocycles. The van der Waals surface area contributed by atoms with Gasteiger partial charge in [0, 0.05) is 17.9 Å². The second-order valence-electron chi connectivity index (χ2n) is 8.01. The molecule has 0 bridgehead atoms. The molecule has 4 nitrogen and oxygen atoms in total. The number of anilines is 1. The summed E-state index contributed by atoms with van der Waals surface area (Å²) in [7, 11) is 0. The maximum Gasteiger partial charge on any atom is 0.225 e. The van der Waals surface area contributed by atoms with E-state index < -0.39 is 0 Å². The molecule has 0 aliphatic rings. The van der Waals surface area contributed by atoms with Gasteiger partial charge >= 0.3 is 0 Å². The van der Waals surface area contributed by atoms with Gasteiger partial charge in [0.25, 0.3) is 0 Å².